The number of tetrazole rings is 1. The average Bonchev–Trinajstić information content (AvgIpc) is 2.75. The summed E-state index contributed by atoms with van der Waals surface area (Å²) in [7, 11) is 0. The minimum atomic E-state index is 0.374. The molecule has 0 saturated carbocycles. The third kappa shape index (κ3) is 3.01. The highest BCUT2D eigenvalue weighted by molar-refractivity contribution is 4.84. The van der Waals surface area contributed by atoms with Crippen LogP contribution < -0.4 is 5.32 Å². The molecule has 0 saturated heterocycles. The molecule has 0 spiro atoms. The molecule has 1 rings (SSSR count). The van der Waals surface area contributed by atoms with Gasteiger partial charge in [-0.1, -0.05) is 33.6 Å². The molecule has 0 aliphatic carbocycles. The van der Waals surface area contributed by atoms with Gasteiger partial charge < -0.3 is 5.32 Å². The molecule has 1 heterocycles. The maximum atomic E-state index is 4.10. The quantitative estimate of drug-likeness (QED) is 0.768. The van der Waals surface area contributed by atoms with E-state index >= 15 is 0 Å². The fourth-order valence-electron chi connectivity index (χ4n) is 2.05. The van der Waals surface area contributed by atoms with Gasteiger partial charge in [0.25, 0.3) is 0 Å². The minimum absolute atomic E-state index is 0.374. The summed E-state index contributed by atoms with van der Waals surface area (Å²) in [6, 6.07) is 0.374. The van der Waals surface area contributed by atoms with Crippen LogP contribution in [0.3, 0.4) is 0 Å². The van der Waals surface area contributed by atoms with Crippen molar-refractivity contribution in [1.82, 2.24) is 25.5 Å². The van der Waals surface area contributed by atoms with Gasteiger partial charge in [-0.05, 0) is 29.8 Å². The van der Waals surface area contributed by atoms with Crippen molar-refractivity contribution in [1.29, 1.82) is 0 Å². The number of hydrogen-bond acceptors (Lipinski definition) is 4. The molecule has 1 unspecified atom stereocenters. The Morgan fingerprint density at radius 3 is 2.50 bits per heavy atom. The Morgan fingerprint density at radius 2 is 1.94 bits per heavy atom. The van der Waals surface area contributed by atoms with E-state index in [1.54, 1.807) is 0 Å². The summed E-state index contributed by atoms with van der Waals surface area (Å²) in [6.07, 6.45) is 2.33. The molecule has 0 radical (unpaired) electrons. The van der Waals surface area contributed by atoms with Crippen molar-refractivity contribution in [3.63, 3.8) is 0 Å². The summed E-state index contributed by atoms with van der Waals surface area (Å²) in [5.41, 5.74) is 0. The first-order chi connectivity index (χ1) is 7.74. The van der Waals surface area contributed by atoms with Crippen LogP contribution in [0.15, 0.2) is 0 Å². The molecule has 0 bridgehead atoms. The predicted molar refractivity (Wildman–Crippen MR) is 64.0 cm³/mol. The predicted octanol–water partition coefficient (Wildman–Crippen LogP) is 1.78. The van der Waals surface area contributed by atoms with Gasteiger partial charge >= 0.3 is 0 Å². The second kappa shape index (κ2) is 6.58. The second-order valence-corrected chi connectivity index (χ2v) is 4.14. The van der Waals surface area contributed by atoms with E-state index < -0.39 is 0 Å². The zero-order valence-electron chi connectivity index (χ0n) is 10.8. The third-order valence-electron chi connectivity index (χ3n) is 3.21. The molecular formula is C11H23N5. The lowest BCUT2D eigenvalue weighted by molar-refractivity contribution is 0.298. The van der Waals surface area contributed by atoms with Crippen LogP contribution in [0.4, 0.5) is 0 Å². The Balaban J connectivity index is 2.73. The largest absolute Gasteiger partial charge is 0.310 e. The van der Waals surface area contributed by atoms with Crippen LogP contribution in [0.1, 0.15) is 52.4 Å². The molecule has 1 N–H and O–H groups in total. The van der Waals surface area contributed by atoms with E-state index in [-0.39, 0.29) is 0 Å². The summed E-state index contributed by atoms with van der Waals surface area (Å²) < 4.78 is 1.96. The van der Waals surface area contributed by atoms with Crippen LogP contribution in [-0.2, 0) is 6.54 Å². The van der Waals surface area contributed by atoms with Gasteiger partial charge in [-0.15, -0.1) is 5.10 Å². The van der Waals surface area contributed by atoms with Crippen LogP contribution in [0.5, 0.6) is 0 Å². The van der Waals surface area contributed by atoms with Crippen LogP contribution in [0, 0.1) is 5.92 Å². The third-order valence-corrected chi connectivity index (χ3v) is 3.21. The van der Waals surface area contributed by atoms with Crippen molar-refractivity contribution in [2.45, 2.75) is 53.1 Å². The first-order valence-electron chi connectivity index (χ1n) is 6.21. The van der Waals surface area contributed by atoms with Crippen molar-refractivity contribution < 1.29 is 0 Å². The Kier molecular flexibility index (Phi) is 5.38. The maximum Gasteiger partial charge on any atom is 0.165 e. The average molecular weight is 225 g/mol. The highest BCUT2D eigenvalue weighted by Gasteiger charge is 2.19. The minimum Gasteiger partial charge on any atom is -0.310 e. The Labute approximate surface area is 97.6 Å². The molecule has 0 aliphatic heterocycles. The van der Waals surface area contributed by atoms with E-state index in [2.05, 4.69) is 48.5 Å². The zero-order chi connectivity index (χ0) is 12.0. The summed E-state index contributed by atoms with van der Waals surface area (Å²) in [6.45, 7) is 10.4. The molecule has 1 aromatic rings. The van der Waals surface area contributed by atoms with E-state index in [9.17, 15) is 0 Å². The second-order valence-electron chi connectivity index (χ2n) is 4.14. The number of nitrogens with one attached hydrogen (secondary N) is 1. The molecule has 0 amide bonds. The fourth-order valence-corrected chi connectivity index (χ4v) is 2.05. The Bertz CT molecular complexity index is 292. The van der Waals surface area contributed by atoms with Crippen LogP contribution in [-0.4, -0.2) is 26.8 Å². The van der Waals surface area contributed by atoms with E-state index in [4.69, 9.17) is 0 Å². The molecule has 92 valence electrons. The van der Waals surface area contributed by atoms with Gasteiger partial charge in [-0.3, -0.25) is 0 Å². The number of rotatable bonds is 7. The summed E-state index contributed by atoms with van der Waals surface area (Å²) in [4.78, 5) is 0. The zero-order valence-corrected chi connectivity index (χ0v) is 10.8. The monoisotopic (exact) mass is 225 g/mol. The molecule has 5 nitrogen and oxygen atoms in total. The summed E-state index contributed by atoms with van der Waals surface area (Å²) in [5, 5.41) is 15.2. The van der Waals surface area contributed by atoms with E-state index in [0.717, 1.165) is 31.8 Å². The number of hydrogen-bond donors (Lipinski definition) is 1. The molecule has 1 aromatic heterocycles. The molecule has 16 heavy (non-hydrogen) atoms. The standard InChI is InChI=1S/C11H23N5/c1-5-10(6-2)9(4)16-11(8-12-7-3)13-14-15-16/h9-10,12H,5-8H2,1-4H3. The number of aromatic nitrogens is 4. The fraction of sp³-hybridized carbons (Fsp3) is 0.909. The highest BCUT2D eigenvalue weighted by Crippen LogP contribution is 2.23. The van der Waals surface area contributed by atoms with Gasteiger partial charge in [0, 0.05) is 0 Å². The SMILES string of the molecule is CCNCc1nnnn1C(C)C(CC)CC. The van der Waals surface area contributed by atoms with Gasteiger partial charge in [-0.2, -0.15) is 0 Å². The summed E-state index contributed by atoms with van der Waals surface area (Å²) in [5.74, 6) is 1.57. The lowest BCUT2D eigenvalue weighted by Crippen LogP contribution is -2.22. The molecule has 1 atom stereocenters. The van der Waals surface area contributed by atoms with Crippen LogP contribution in [0.2, 0.25) is 0 Å². The molecule has 5 heteroatoms. The summed E-state index contributed by atoms with van der Waals surface area (Å²) >= 11 is 0. The Hall–Kier alpha value is -0.970. The molecule has 0 aliphatic rings. The first-order valence-corrected chi connectivity index (χ1v) is 6.21. The normalized spacial score (nSPS) is 13.3. The van der Waals surface area contributed by atoms with Crippen LogP contribution in [0.25, 0.3) is 0 Å². The van der Waals surface area contributed by atoms with E-state index in [0.29, 0.717) is 12.0 Å². The number of nitrogens with zero attached hydrogens (tertiary/aromatic N) is 4. The van der Waals surface area contributed by atoms with Crippen molar-refractivity contribution in [2.24, 2.45) is 5.92 Å². The topological polar surface area (TPSA) is 55.6 Å². The molecule has 0 aromatic carbocycles. The smallest absolute Gasteiger partial charge is 0.165 e. The first kappa shape index (κ1) is 13.1. The highest BCUT2D eigenvalue weighted by atomic mass is 15.6. The van der Waals surface area contributed by atoms with Gasteiger partial charge in [0.2, 0.25) is 0 Å². The van der Waals surface area contributed by atoms with Gasteiger partial charge in [0.05, 0.1) is 12.6 Å². The molecule has 0 fully saturated rings. The van der Waals surface area contributed by atoms with Crippen LogP contribution >= 0.6 is 0 Å². The Morgan fingerprint density at radius 1 is 1.25 bits per heavy atom. The van der Waals surface area contributed by atoms with Crippen molar-refractivity contribution in [3.05, 3.63) is 5.82 Å². The lowest BCUT2D eigenvalue weighted by atomic mass is 9.96. The van der Waals surface area contributed by atoms with Gasteiger partial charge in [0.15, 0.2) is 5.82 Å². The van der Waals surface area contributed by atoms with Gasteiger partial charge in [-0.25, -0.2) is 4.68 Å². The van der Waals surface area contributed by atoms with Crippen molar-refractivity contribution >= 4 is 0 Å². The van der Waals surface area contributed by atoms with Crippen molar-refractivity contribution in [2.75, 3.05) is 6.54 Å². The molecular weight excluding hydrogens is 202 g/mol. The van der Waals surface area contributed by atoms with Gasteiger partial charge in [0.1, 0.15) is 0 Å². The van der Waals surface area contributed by atoms with E-state index in [1.807, 2.05) is 4.68 Å². The van der Waals surface area contributed by atoms with E-state index in [1.165, 1.54) is 0 Å². The van der Waals surface area contributed by atoms with Crippen molar-refractivity contribution in [3.8, 4) is 0 Å². The maximum absolute atomic E-state index is 4.10. The lowest BCUT2D eigenvalue weighted by Gasteiger charge is -2.22.